The number of Topliss-reactive ketones (excluding diaryl/α,β-unsaturated/α-hetero) is 1. The monoisotopic (exact) mass is 584 g/mol. The zero-order valence-corrected chi connectivity index (χ0v) is 21.9. The second-order valence-corrected chi connectivity index (χ2v) is 10.9. The molecule has 1 amide bonds. The first kappa shape index (κ1) is 29.2. The molecule has 2 saturated heterocycles. The van der Waals surface area contributed by atoms with Gasteiger partial charge in [0.05, 0.1) is 29.4 Å². The standard InChI is InChI=1S/C29H27F7N2O3/c1-15(17-8-18(28(31,32)33)10-19(9-17)29(34,35)36)41-25-14-38-24(27(25)16-2-4-20(30)5-3-16)12-22(13-26(38)40)37-21-6-7-23(39)11-21/h2-5,8-10,15,22,24-25,27H,6-7,11-14H2,1H3/t15-,22?,24+,25+,27+/m1/s1. The van der Waals surface area contributed by atoms with Crippen molar-refractivity contribution in [2.45, 2.75) is 81.6 Å². The number of halogens is 7. The van der Waals surface area contributed by atoms with Gasteiger partial charge in [0, 0.05) is 43.5 Å². The molecule has 5 nitrogen and oxygen atoms in total. The summed E-state index contributed by atoms with van der Waals surface area (Å²) in [5.41, 5.74) is -1.84. The highest BCUT2D eigenvalue weighted by molar-refractivity contribution is 6.08. The molecule has 5 rings (SSSR count). The minimum Gasteiger partial charge on any atom is -0.368 e. The number of carbonyl (C=O) groups is 2. The Balaban J connectivity index is 1.46. The zero-order chi connectivity index (χ0) is 29.7. The third kappa shape index (κ3) is 6.32. The summed E-state index contributed by atoms with van der Waals surface area (Å²) in [6.07, 6.45) is -10.3. The molecule has 0 aromatic heterocycles. The smallest absolute Gasteiger partial charge is 0.368 e. The van der Waals surface area contributed by atoms with E-state index in [9.17, 15) is 40.3 Å². The number of rotatable bonds is 5. The van der Waals surface area contributed by atoms with E-state index >= 15 is 0 Å². The third-order valence-corrected chi connectivity index (χ3v) is 8.01. The zero-order valence-electron chi connectivity index (χ0n) is 21.9. The van der Waals surface area contributed by atoms with E-state index in [0.29, 0.717) is 37.0 Å². The predicted octanol–water partition coefficient (Wildman–Crippen LogP) is 6.66. The molecule has 1 aliphatic carbocycles. The van der Waals surface area contributed by atoms with Crippen LogP contribution in [0.5, 0.6) is 0 Å². The van der Waals surface area contributed by atoms with Crippen LogP contribution in [0.15, 0.2) is 47.5 Å². The fourth-order valence-electron chi connectivity index (χ4n) is 6.08. The molecule has 0 spiro atoms. The lowest BCUT2D eigenvalue weighted by Crippen LogP contribution is -2.45. The van der Waals surface area contributed by atoms with Crippen LogP contribution in [-0.2, 0) is 26.7 Å². The summed E-state index contributed by atoms with van der Waals surface area (Å²) in [6.45, 7) is 1.42. The summed E-state index contributed by atoms with van der Waals surface area (Å²) in [7, 11) is 0. The molecule has 0 bridgehead atoms. The summed E-state index contributed by atoms with van der Waals surface area (Å²) >= 11 is 0. The van der Waals surface area contributed by atoms with Gasteiger partial charge in [0.2, 0.25) is 5.91 Å². The molecule has 12 heteroatoms. The number of ketones is 1. The van der Waals surface area contributed by atoms with Gasteiger partial charge in [-0.1, -0.05) is 12.1 Å². The summed E-state index contributed by atoms with van der Waals surface area (Å²) in [4.78, 5) is 31.2. The number of ether oxygens (including phenoxy) is 1. The number of benzene rings is 2. The highest BCUT2D eigenvalue weighted by atomic mass is 19.4. The Morgan fingerprint density at radius 1 is 0.951 bits per heavy atom. The van der Waals surface area contributed by atoms with Crippen molar-refractivity contribution in [3.8, 4) is 0 Å². The fraction of sp³-hybridized carbons (Fsp3) is 0.483. The molecule has 2 aliphatic heterocycles. The molecule has 5 atom stereocenters. The maximum absolute atomic E-state index is 13.8. The van der Waals surface area contributed by atoms with Crippen molar-refractivity contribution in [2.75, 3.05) is 6.54 Å². The van der Waals surface area contributed by atoms with Crippen LogP contribution in [0.25, 0.3) is 0 Å². The van der Waals surface area contributed by atoms with Gasteiger partial charge in [0.25, 0.3) is 0 Å². The molecule has 2 aromatic rings. The van der Waals surface area contributed by atoms with Gasteiger partial charge in [-0.25, -0.2) is 4.39 Å². The van der Waals surface area contributed by atoms with Crippen molar-refractivity contribution in [2.24, 2.45) is 4.99 Å². The first-order valence-corrected chi connectivity index (χ1v) is 13.3. The Hall–Kier alpha value is -3.28. The molecule has 0 N–H and O–H groups in total. The number of fused-ring (bicyclic) bond motifs is 1. The maximum Gasteiger partial charge on any atom is 0.416 e. The minimum absolute atomic E-state index is 0.0583. The van der Waals surface area contributed by atoms with Crippen molar-refractivity contribution in [1.82, 2.24) is 4.90 Å². The second-order valence-electron chi connectivity index (χ2n) is 10.9. The van der Waals surface area contributed by atoms with Crippen molar-refractivity contribution in [1.29, 1.82) is 0 Å². The summed E-state index contributed by atoms with van der Waals surface area (Å²) in [6, 6.07) is 6.05. The van der Waals surface area contributed by atoms with E-state index in [4.69, 9.17) is 4.74 Å². The van der Waals surface area contributed by atoms with Crippen LogP contribution in [-0.4, -0.2) is 47.0 Å². The highest BCUT2D eigenvalue weighted by Gasteiger charge is 2.49. The molecule has 1 unspecified atom stereocenters. The highest BCUT2D eigenvalue weighted by Crippen LogP contribution is 2.44. The van der Waals surface area contributed by atoms with Crippen LogP contribution in [0.2, 0.25) is 0 Å². The first-order chi connectivity index (χ1) is 19.2. The van der Waals surface area contributed by atoms with Gasteiger partial charge >= 0.3 is 12.4 Å². The van der Waals surface area contributed by atoms with E-state index in [0.717, 1.165) is 5.71 Å². The van der Waals surface area contributed by atoms with E-state index in [1.54, 1.807) is 4.90 Å². The molecule has 0 radical (unpaired) electrons. The lowest BCUT2D eigenvalue weighted by Gasteiger charge is -2.35. The second kappa shape index (κ2) is 10.8. The van der Waals surface area contributed by atoms with Crippen LogP contribution in [0, 0.1) is 5.82 Å². The third-order valence-electron chi connectivity index (χ3n) is 8.01. The van der Waals surface area contributed by atoms with Crippen LogP contribution in [0.1, 0.15) is 73.3 Å². The molecule has 3 aliphatic rings. The van der Waals surface area contributed by atoms with Gasteiger partial charge in [0.15, 0.2) is 0 Å². The predicted molar refractivity (Wildman–Crippen MR) is 134 cm³/mol. The minimum atomic E-state index is -5.01. The van der Waals surface area contributed by atoms with E-state index in [2.05, 4.69) is 4.99 Å². The largest absolute Gasteiger partial charge is 0.416 e. The van der Waals surface area contributed by atoms with Crippen LogP contribution < -0.4 is 0 Å². The van der Waals surface area contributed by atoms with Crippen molar-refractivity contribution < 1.29 is 45.1 Å². The number of hydrogen-bond acceptors (Lipinski definition) is 4. The quantitative estimate of drug-likeness (QED) is 0.370. The Kier molecular flexibility index (Phi) is 7.73. The van der Waals surface area contributed by atoms with Crippen LogP contribution in [0.4, 0.5) is 30.7 Å². The van der Waals surface area contributed by atoms with E-state index in [-0.39, 0.29) is 48.7 Å². The number of amides is 1. The van der Waals surface area contributed by atoms with Crippen LogP contribution in [0.3, 0.4) is 0 Å². The maximum atomic E-state index is 13.8. The fourth-order valence-corrected chi connectivity index (χ4v) is 6.08. The van der Waals surface area contributed by atoms with Gasteiger partial charge in [-0.05, 0) is 61.2 Å². The molecule has 41 heavy (non-hydrogen) atoms. The lowest BCUT2D eigenvalue weighted by atomic mass is 9.84. The Labute approximate surface area is 231 Å². The van der Waals surface area contributed by atoms with Gasteiger partial charge in [-0.2, -0.15) is 26.3 Å². The van der Waals surface area contributed by atoms with Gasteiger partial charge in [-0.15, -0.1) is 0 Å². The number of carbonyl (C=O) groups excluding carboxylic acids is 2. The molecule has 2 aromatic carbocycles. The summed E-state index contributed by atoms with van der Waals surface area (Å²) in [5, 5.41) is 0. The Morgan fingerprint density at radius 2 is 1.59 bits per heavy atom. The van der Waals surface area contributed by atoms with E-state index in [1.165, 1.54) is 31.2 Å². The lowest BCUT2D eigenvalue weighted by molar-refractivity contribution is -0.143. The molecule has 2 heterocycles. The molecule has 220 valence electrons. The van der Waals surface area contributed by atoms with Crippen molar-refractivity contribution in [3.05, 3.63) is 70.5 Å². The first-order valence-electron chi connectivity index (χ1n) is 13.3. The van der Waals surface area contributed by atoms with Gasteiger partial charge in [0.1, 0.15) is 11.6 Å². The summed E-state index contributed by atoms with van der Waals surface area (Å²) < 4.78 is 101. The Bertz CT molecular complexity index is 1320. The average Bonchev–Trinajstić information content (AvgIpc) is 3.46. The van der Waals surface area contributed by atoms with Crippen molar-refractivity contribution in [3.63, 3.8) is 0 Å². The van der Waals surface area contributed by atoms with Gasteiger partial charge in [-0.3, -0.25) is 14.6 Å². The SMILES string of the molecule is C[C@@H](O[C@H]1CN2C(=O)CC(N=C3CCC(=O)C3)C[C@H]2[C@@H]1c1ccc(F)cc1)c1cc(C(F)(F)F)cc(C(F)(F)F)c1. The molecule has 1 saturated carbocycles. The number of hydrogen-bond donors (Lipinski definition) is 0. The number of piperidine rings is 1. The molecule has 3 fully saturated rings. The normalized spacial score (nSPS) is 27.0. The number of alkyl halides is 6. The molecular weight excluding hydrogens is 557 g/mol. The van der Waals surface area contributed by atoms with Crippen LogP contribution >= 0.6 is 0 Å². The van der Waals surface area contributed by atoms with Crippen molar-refractivity contribution >= 4 is 17.4 Å². The molecular formula is C29H27F7N2O3. The summed E-state index contributed by atoms with van der Waals surface area (Å²) in [5.74, 6) is -1.16. The number of nitrogens with zero attached hydrogens (tertiary/aromatic N) is 2. The average molecular weight is 585 g/mol. The Morgan fingerprint density at radius 3 is 2.15 bits per heavy atom. The topological polar surface area (TPSA) is 59.0 Å². The number of aliphatic imine (C=N–C) groups is 1. The van der Waals surface area contributed by atoms with Gasteiger partial charge < -0.3 is 9.64 Å². The van der Waals surface area contributed by atoms with E-state index < -0.39 is 53.5 Å². The van der Waals surface area contributed by atoms with E-state index in [1.807, 2.05) is 0 Å².